The van der Waals surface area contributed by atoms with Gasteiger partial charge >= 0.3 is 0 Å². The molecule has 1 nitrogen and oxygen atoms in total. The standard InChI is InChI=1S/C10H20ClN/c1-7(2)9(4)12-6-10(11)5-8(12)3/h7-10H,5-6H2,1-4H3. The maximum atomic E-state index is 6.11. The van der Waals surface area contributed by atoms with Crippen LogP contribution >= 0.6 is 11.6 Å². The quantitative estimate of drug-likeness (QED) is 0.604. The van der Waals surface area contributed by atoms with Crippen molar-refractivity contribution in [3.8, 4) is 0 Å². The van der Waals surface area contributed by atoms with Gasteiger partial charge in [0.25, 0.3) is 0 Å². The van der Waals surface area contributed by atoms with Crippen molar-refractivity contribution in [2.45, 2.75) is 51.6 Å². The van der Waals surface area contributed by atoms with Crippen molar-refractivity contribution >= 4 is 11.6 Å². The second-order valence-electron chi connectivity index (χ2n) is 4.36. The molecule has 0 aromatic rings. The minimum atomic E-state index is 0.376. The van der Waals surface area contributed by atoms with Crippen LogP contribution in [0.25, 0.3) is 0 Å². The predicted molar refractivity (Wildman–Crippen MR) is 54.7 cm³/mol. The summed E-state index contributed by atoms with van der Waals surface area (Å²) in [7, 11) is 0. The van der Waals surface area contributed by atoms with Gasteiger partial charge in [-0.2, -0.15) is 0 Å². The molecular weight excluding hydrogens is 170 g/mol. The highest BCUT2D eigenvalue weighted by Gasteiger charge is 2.31. The lowest BCUT2D eigenvalue weighted by molar-refractivity contribution is 0.163. The van der Waals surface area contributed by atoms with Gasteiger partial charge in [0.2, 0.25) is 0 Å². The average molecular weight is 190 g/mol. The van der Waals surface area contributed by atoms with Crippen molar-refractivity contribution in [1.29, 1.82) is 0 Å². The van der Waals surface area contributed by atoms with E-state index in [9.17, 15) is 0 Å². The Kier molecular flexibility index (Phi) is 3.42. The van der Waals surface area contributed by atoms with Gasteiger partial charge in [-0.3, -0.25) is 4.90 Å². The van der Waals surface area contributed by atoms with E-state index >= 15 is 0 Å². The van der Waals surface area contributed by atoms with Gasteiger partial charge in [-0.1, -0.05) is 13.8 Å². The predicted octanol–water partition coefficient (Wildman–Crippen LogP) is 2.73. The molecule has 1 aliphatic heterocycles. The van der Waals surface area contributed by atoms with Crippen LogP contribution in [-0.2, 0) is 0 Å². The van der Waals surface area contributed by atoms with E-state index in [-0.39, 0.29) is 0 Å². The first-order valence-electron chi connectivity index (χ1n) is 4.92. The van der Waals surface area contributed by atoms with Crippen LogP contribution in [0.4, 0.5) is 0 Å². The molecule has 2 heteroatoms. The van der Waals surface area contributed by atoms with Crippen LogP contribution < -0.4 is 0 Å². The van der Waals surface area contributed by atoms with Crippen molar-refractivity contribution in [1.82, 2.24) is 4.90 Å². The third-order valence-electron chi connectivity index (χ3n) is 3.06. The molecular formula is C10H20ClN. The molecule has 12 heavy (non-hydrogen) atoms. The Morgan fingerprint density at radius 2 is 1.92 bits per heavy atom. The summed E-state index contributed by atoms with van der Waals surface area (Å²) in [5.74, 6) is 0.731. The molecule has 1 heterocycles. The Morgan fingerprint density at radius 3 is 2.25 bits per heavy atom. The SMILES string of the molecule is CC(C)C(C)N1CC(Cl)CC1C. The second-order valence-corrected chi connectivity index (χ2v) is 4.98. The van der Waals surface area contributed by atoms with E-state index in [2.05, 4.69) is 32.6 Å². The molecule has 0 amide bonds. The summed E-state index contributed by atoms with van der Waals surface area (Å²) < 4.78 is 0. The summed E-state index contributed by atoms with van der Waals surface area (Å²) in [5.41, 5.74) is 0. The number of halogens is 1. The van der Waals surface area contributed by atoms with E-state index in [0.717, 1.165) is 18.9 Å². The summed E-state index contributed by atoms with van der Waals surface area (Å²) in [5, 5.41) is 0.376. The Bertz CT molecular complexity index is 147. The number of rotatable bonds is 2. The number of likely N-dealkylation sites (tertiary alicyclic amines) is 1. The van der Waals surface area contributed by atoms with Crippen molar-refractivity contribution in [3.63, 3.8) is 0 Å². The molecule has 0 spiro atoms. The minimum Gasteiger partial charge on any atom is -0.296 e. The molecule has 0 aromatic carbocycles. The molecule has 1 aliphatic rings. The van der Waals surface area contributed by atoms with Crippen LogP contribution in [-0.4, -0.2) is 28.9 Å². The summed E-state index contributed by atoms with van der Waals surface area (Å²) in [6.45, 7) is 10.2. The zero-order valence-electron chi connectivity index (χ0n) is 8.55. The number of hydrogen-bond donors (Lipinski definition) is 0. The zero-order valence-corrected chi connectivity index (χ0v) is 9.30. The van der Waals surface area contributed by atoms with Gasteiger partial charge < -0.3 is 0 Å². The normalized spacial score (nSPS) is 34.5. The monoisotopic (exact) mass is 189 g/mol. The summed E-state index contributed by atoms with van der Waals surface area (Å²) in [4.78, 5) is 2.53. The molecule has 3 atom stereocenters. The average Bonchev–Trinajstić information content (AvgIpc) is 2.28. The highest BCUT2D eigenvalue weighted by atomic mass is 35.5. The van der Waals surface area contributed by atoms with Gasteiger partial charge in [0, 0.05) is 24.0 Å². The summed E-state index contributed by atoms with van der Waals surface area (Å²) in [6.07, 6.45) is 1.15. The fourth-order valence-corrected chi connectivity index (χ4v) is 2.36. The molecule has 0 radical (unpaired) electrons. The smallest absolute Gasteiger partial charge is 0.0478 e. The molecule has 1 saturated heterocycles. The van der Waals surface area contributed by atoms with E-state index in [1.54, 1.807) is 0 Å². The van der Waals surface area contributed by atoms with Crippen molar-refractivity contribution in [3.05, 3.63) is 0 Å². The summed E-state index contributed by atoms with van der Waals surface area (Å²) >= 11 is 6.11. The zero-order chi connectivity index (χ0) is 9.30. The van der Waals surface area contributed by atoms with Crippen LogP contribution in [0.15, 0.2) is 0 Å². The van der Waals surface area contributed by atoms with Crippen LogP contribution in [0.1, 0.15) is 34.1 Å². The molecule has 3 unspecified atom stereocenters. The Hall–Kier alpha value is 0.250. The van der Waals surface area contributed by atoms with Gasteiger partial charge in [-0.15, -0.1) is 11.6 Å². The molecule has 0 N–H and O–H groups in total. The van der Waals surface area contributed by atoms with Crippen LogP contribution in [0.2, 0.25) is 0 Å². The highest BCUT2D eigenvalue weighted by Crippen LogP contribution is 2.26. The first-order chi connectivity index (χ1) is 5.52. The van der Waals surface area contributed by atoms with Crippen LogP contribution in [0.3, 0.4) is 0 Å². The lowest BCUT2D eigenvalue weighted by atomic mass is 10.0. The van der Waals surface area contributed by atoms with E-state index in [4.69, 9.17) is 11.6 Å². The first kappa shape index (κ1) is 10.3. The maximum Gasteiger partial charge on any atom is 0.0478 e. The third kappa shape index (κ3) is 2.14. The van der Waals surface area contributed by atoms with E-state index < -0.39 is 0 Å². The molecule has 1 rings (SSSR count). The van der Waals surface area contributed by atoms with Gasteiger partial charge in [-0.25, -0.2) is 0 Å². The Labute approximate surface area is 81.1 Å². The number of nitrogens with zero attached hydrogens (tertiary/aromatic N) is 1. The molecule has 72 valence electrons. The third-order valence-corrected chi connectivity index (χ3v) is 3.38. The van der Waals surface area contributed by atoms with E-state index in [1.165, 1.54) is 0 Å². The van der Waals surface area contributed by atoms with Crippen molar-refractivity contribution in [2.24, 2.45) is 5.92 Å². The Balaban J connectivity index is 2.51. The van der Waals surface area contributed by atoms with Gasteiger partial charge in [0.1, 0.15) is 0 Å². The molecule has 1 fully saturated rings. The molecule has 0 saturated carbocycles. The molecule has 0 bridgehead atoms. The van der Waals surface area contributed by atoms with Gasteiger partial charge in [-0.05, 0) is 26.2 Å². The topological polar surface area (TPSA) is 3.24 Å². The number of hydrogen-bond acceptors (Lipinski definition) is 1. The fourth-order valence-electron chi connectivity index (χ4n) is 1.94. The minimum absolute atomic E-state index is 0.376. The van der Waals surface area contributed by atoms with Crippen molar-refractivity contribution in [2.75, 3.05) is 6.54 Å². The highest BCUT2D eigenvalue weighted by molar-refractivity contribution is 6.21. The number of alkyl halides is 1. The summed E-state index contributed by atoms with van der Waals surface area (Å²) in [6, 6.07) is 1.34. The van der Waals surface area contributed by atoms with Crippen LogP contribution in [0, 0.1) is 5.92 Å². The van der Waals surface area contributed by atoms with Crippen LogP contribution in [0.5, 0.6) is 0 Å². The lowest BCUT2D eigenvalue weighted by Crippen LogP contribution is -2.39. The maximum absolute atomic E-state index is 6.11. The first-order valence-corrected chi connectivity index (χ1v) is 5.35. The van der Waals surface area contributed by atoms with E-state index in [0.29, 0.717) is 17.5 Å². The molecule has 0 aromatic heterocycles. The van der Waals surface area contributed by atoms with Gasteiger partial charge in [0.05, 0.1) is 0 Å². The lowest BCUT2D eigenvalue weighted by Gasteiger charge is -2.31. The molecule has 0 aliphatic carbocycles. The van der Waals surface area contributed by atoms with Gasteiger partial charge in [0.15, 0.2) is 0 Å². The van der Waals surface area contributed by atoms with E-state index in [1.807, 2.05) is 0 Å². The van der Waals surface area contributed by atoms with Crippen molar-refractivity contribution < 1.29 is 0 Å². The fraction of sp³-hybridized carbons (Fsp3) is 1.00. The largest absolute Gasteiger partial charge is 0.296 e. The second kappa shape index (κ2) is 3.97. The Morgan fingerprint density at radius 1 is 1.33 bits per heavy atom.